The molecule has 0 aliphatic carbocycles. The van der Waals surface area contributed by atoms with E-state index in [-0.39, 0.29) is 41.1 Å². The van der Waals surface area contributed by atoms with Gasteiger partial charge in [0.15, 0.2) is 6.20 Å². The maximum atomic E-state index is 4.16. The minimum Gasteiger partial charge on any atom is -0.369 e. The van der Waals surface area contributed by atoms with E-state index in [9.17, 15) is 0 Å². The molecule has 30 heavy (non-hydrogen) atoms. The molecule has 148 valence electrons. The van der Waals surface area contributed by atoms with E-state index >= 15 is 0 Å². The van der Waals surface area contributed by atoms with Gasteiger partial charge in [-0.15, -0.1) is 17.7 Å². The molecule has 0 saturated carbocycles. The molecule has 0 N–H and O–H groups in total. The van der Waals surface area contributed by atoms with Gasteiger partial charge < -0.3 is 4.98 Å². The molecule has 0 unspecified atom stereocenters. The van der Waals surface area contributed by atoms with Crippen molar-refractivity contribution in [2.45, 2.75) is 50.7 Å². The summed E-state index contributed by atoms with van der Waals surface area (Å²) in [6.07, 6.45) is 12.8. The van der Waals surface area contributed by atoms with Crippen molar-refractivity contribution in [2.75, 3.05) is 0 Å². The van der Waals surface area contributed by atoms with Gasteiger partial charge >= 0.3 is 0 Å². The predicted octanol–water partition coefficient (Wildman–Crippen LogP) is 4.16. The van der Waals surface area contributed by atoms with Gasteiger partial charge in [0.25, 0.3) is 0 Å². The number of benzene rings is 1. The van der Waals surface area contributed by atoms with E-state index < -0.39 is 8.07 Å². The molecule has 5 rings (SSSR count). The Bertz CT molecular complexity index is 1030. The second-order valence-electron chi connectivity index (χ2n) is 8.64. The fraction of sp³-hybridized carbons (Fsp3) is 0.360. The van der Waals surface area contributed by atoms with Crippen molar-refractivity contribution in [3.05, 3.63) is 66.1 Å². The molecule has 5 heteroatoms. The van der Waals surface area contributed by atoms with Crippen molar-refractivity contribution in [3.8, 4) is 22.4 Å². The van der Waals surface area contributed by atoms with Crippen LogP contribution in [0.1, 0.15) is 30.4 Å². The maximum absolute atomic E-state index is 4.16. The largest absolute Gasteiger partial charge is 0.369 e. The van der Waals surface area contributed by atoms with Crippen LogP contribution in [0.3, 0.4) is 0 Å². The second-order valence-corrected chi connectivity index (χ2v) is 13.2. The van der Waals surface area contributed by atoms with Crippen molar-refractivity contribution in [1.82, 2.24) is 4.98 Å². The van der Waals surface area contributed by atoms with E-state index in [1.807, 2.05) is 6.07 Å². The van der Waals surface area contributed by atoms with Gasteiger partial charge in [-0.3, -0.25) is 0 Å². The van der Waals surface area contributed by atoms with Crippen molar-refractivity contribution in [1.29, 1.82) is 0 Å². The summed E-state index contributed by atoms with van der Waals surface area (Å²) in [6, 6.07) is 19.1. The fourth-order valence-corrected chi connectivity index (χ4v) is 11.0. The van der Waals surface area contributed by atoms with Gasteiger partial charge in [-0.05, 0) is 12.5 Å². The molecule has 2 nitrogen and oxygen atoms in total. The van der Waals surface area contributed by atoms with Gasteiger partial charge in [-0.1, -0.05) is 67.5 Å². The number of hydrogen-bond donors (Lipinski definition) is 0. The Morgan fingerprint density at radius 1 is 1.03 bits per heavy atom. The molecule has 2 aliphatic rings. The van der Waals surface area contributed by atoms with Crippen LogP contribution in [-0.2, 0) is 46.2 Å². The van der Waals surface area contributed by atoms with E-state index in [0.717, 1.165) is 11.1 Å². The Kier molecular flexibility index (Phi) is 7.53. The van der Waals surface area contributed by atoms with E-state index in [1.165, 1.54) is 60.6 Å². The number of fused-ring (bicyclic) bond motifs is 2. The van der Waals surface area contributed by atoms with Crippen LogP contribution < -0.4 is 9.75 Å². The van der Waals surface area contributed by atoms with Crippen LogP contribution in [0.2, 0.25) is 18.1 Å². The van der Waals surface area contributed by atoms with Crippen LogP contribution in [0.25, 0.3) is 22.4 Å². The molecule has 2 aliphatic heterocycles. The Hall–Kier alpha value is -1.09. The molecular weight excluding hydrogens is 456 g/mol. The van der Waals surface area contributed by atoms with E-state index in [4.69, 9.17) is 0 Å². The third-order valence-electron chi connectivity index (χ3n) is 6.90. The van der Waals surface area contributed by atoms with Gasteiger partial charge in [0.2, 0.25) is 0 Å². The van der Waals surface area contributed by atoms with Gasteiger partial charge in [0.05, 0.1) is 8.07 Å². The van der Waals surface area contributed by atoms with Crippen LogP contribution in [0.5, 0.6) is 0 Å². The second kappa shape index (κ2) is 9.59. The van der Waals surface area contributed by atoms with Crippen molar-refractivity contribution >= 4 is 21.7 Å². The first kappa shape index (κ1) is 23.6. The first-order valence-electron chi connectivity index (χ1n) is 10.6. The molecule has 1 aromatic carbocycles. The summed E-state index contributed by atoms with van der Waals surface area (Å²) in [7, 11) is 0.932. The monoisotopic (exact) mass is 483 g/mol. The molecule has 2 aromatic heterocycles. The van der Waals surface area contributed by atoms with Crippen molar-refractivity contribution in [2.24, 2.45) is 7.05 Å². The zero-order valence-electron chi connectivity index (χ0n) is 18.0. The summed E-state index contributed by atoms with van der Waals surface area (Å²) in [5.41, 5.74) is 7.50. The maximum Gasteiger partial charge on any atom is 0.165 e. The Labute approximate surface area is 209 Å². The molecule has 0 bridgehead atoms. The molecule has 4 radical (unpaired) electrons. The molecule has 4 heterocycles. The summed E-state index contributed by atoms with van der Waals surface area (Å²) < 4.78 is 2.33. The minimum atomic E-state index is -1.27. The van der Waals surface area contributed by atoms with Crippen LogP contribution >= 0.6 is 0 Å². The van der Waals surface area contributed by atoms with Crippen molar-refractivity contribution in [3.63, 3.8) is 0 Å². The molecular formula is C25H27BN2SiY-. The normalized spacial score (nSPS) is 16.5. The fourth-order valence-electron chi connectivity index (χ4n) is 5.43. The minimum absolute atomic E-state index is 0. The number of aromatic nitrogens is 2. The first-order valence-corrected chi connectivity index (χ1v) is 13.2. The van der Waals surface area contributed by atoms with Crippen LogP contribution in [0.15, 0.2) is 42.7 Å². The van der Waals surface area contributed by atoms with Gasteiger partial charge in [0, 0.05) is 46.7 Å². The van der Waals surface area contributed by atoms with Crippen LogP contribution in [0.4, 0.5) is 0 Å². The number of nitrogens with zero attached hydrogens (tertiary/aromatic N) is 2. The van der Waals surface area contributed by atoms with E-state index in [0.29, 0.717) is 0 Å². The average Bonchev–Trinajstić information content (AvgIpc) is 3.18. The Morgan fingerprint density at radius 3 is 2.53 bits per heavy atom. The molecule has 0 amide bonds. The third-order valence-corrected chi connectivity index (χ3v) is 12.4. The number of pyridine rings is 2. The topological polar surface area (TPSA) is 16.8 Å². The summed E-state index contributed by atoms with van der Waals surface area (Å²) in [6.45, 7) is 2.20. The van der Waals surface area contributed by atoms with Gasteiger partial charge in [-0.2, -0.15) is 29.3 Å². The Morgan fingerprint density at radius 2 is 1.80 bits per heavy atom. The SMILES string of the molecule is Cc1ccc(-c2[c-]nccc2)[c-]c1-c1cc2c(c[n+]1C)CCC[Si]21CCCC1.[B].[Y]. The predicted molar refractivity (Wildman–Crippen MR) is 122 cm³/mol. The Balaban J connectivity index is 0.00000128. The van der Waals surface area contributed by atoms with Crippen molar-refractivity contribution < 1.29 is 37.3 Å². The zero-order valence-corrected chi connectivity index (χ0v) is 21.9. The van der Waals surface area contributed by atoms with Crippen LogP contribution in [-0.4, -0.2) is 21.5 Å². The summed E-state index contributed by atoms with van der Waals surface area (Å²) in [5.74, 6) is 0. The van der Waals surface area contributed by atoms with E-state index in [2.05, 4.69) is 66.2 Å². The number of hydrogen-bond acceptors (Lipinski definition) is 1. The smallest absolute Gasteiger partial charge is 0.165 e. The number of aryl methyl sites for hydroxylation is 3. The summed E-state index contributed by atoms with van der Waals surface area (Å²) in [5, 5.41) is 1.76. The molecule has 0 atom stereocenters. The molecule has 1 fully saturated rings. The first-order chi connectivity index (χ1) is 13.7. The summed E-state index contributed by atoms with van der Waals surface area (Å²) in [4.78, 5) is 4.16. The number of rotatable bonds is 2. The van der Waals surface area contributed by atoms with E-state index in [1.54, 1.807) is 16.9 Å². The summed E-state index contributed by atoms with van der Waals surface area (Å²) >= 11 is 0. The van der Waals surface area contributed by atoms with Gasteiger partial charge in [-0.25, -0.2) is 4.57 Å². The molecule has 3 aromatic rings. The molecule has 1 saturated heterocycles. The quantitative estimate of drug-likeness (QED) is 0.304. The average molecular weight is 483 g/mol. The third kappa shape index (κ3) is 4.16. The van der Waals surface area contributed by atoms with Crippen LogP contribution in [0, 0.1) is 19.2 Å². The zero-order chi connectivity index (χ0) is 19.1. The molecule has 1 spiro atoms. The van der Waals surface area contributed by atoms with Gasteiger partial charge in [0.1, 0.15) is 12.7 Å². The standard InChI is InChI=1S/C25H27N2Si.B.Y/c1-19-9-10-20(21-7-5-11-26-17-21)15-23(19)24-16-25-22(18-27(24)2)8-6-14-28(25)12-3-4-13-28;;/h5,7,9-11,16,18H,3-4,6,8,12-14H2,1-2H3;;/q-1;;.